The average Bonchev–Trinajstić information content (AvgIpc) is 2.34. The average molecular weight is 323 g/mol. The van der Waals surface area contributed by atoms with Crippen molar-refractivity contribution in [3.05, 3.63) is 40.8 Å². The summed E-state index contributed by atoms with van der Waals surface area (Å²) in [6.45, 7) is 0. The summed E-state index contributed by atoms with van der Waals surface area (Å²) in [5, 5.41) is -1.19. The molecule has 0 amide bonds. The van der Waals surface area contributed by atoms with E-state index in [2.05, 4.69) is 15.0 Å². The summed E-state index contributed by atoms with van der Waals surface area (Å²) in [4.78, 5) is 10.6. The van der Waals surface area contributed by atoms with E-state index in [1.165, 1.54) is 6.07 Å². The Hall–Kier alpha value is -1.51. The first kappa shape index (κ1) is 13.9. The predicted molar refractivity (Wildman–Crippen MR) is 67.1 cm³/mol. The lowest BCUT2D eigenvalue weighted by molar-refractivity contribution is 0.557. The molecule has 10 heteroatoms. The summed E-state index contributed by atoms with van der Waals surface area (Å²) in [5.74, 6) is -1.00. The Morgan fingerprint density at radius 1 is 1.16 bits per heavy atom. The lowest BCUT2D eigenvalue weighted by atomic mass is 10.5. The molecule has 0 fully saturated rings. The van der Waals surface area contributed by atoms with E-state index in [1.54, 1.807) is 0 Å². The van der Waals surface area contributed by atoms with Gasteiger partial charge in [0.2, 0.25) is 5.03 Å². The number of aromatic nitrogens is 3. The topological polar surface area (TPSA) is 84.8 Å². The maximum atomic E-state index is 13.4. The maximum Gasteiger partial charge on any atom is 0.282 e. The molecule has 100 valence electrons. The monoisotopic (exact) mass is 322 g/mol. The second-order valence-electron chi connectivity index (χ2n) is 3.23. The second kappa shape index (κ2) is 5.24. The van der Waals surface area contributed by atoms with Gasteiger partial charge in [-0.15, -0.1) is 0 Å². The van der Waals surface area contributed by atoms with Crippen molar-refractivity contribution in [2.75, 3.05) is 4.72 Å². The Balaban J connectivity index is 2.46. The number of nitrogens with zero attached hydrogens (tertiary/aromatic N) is 3. The zero-order valence-corrected chi connectivity index (χ0v) is 11.3. The third-order valence-electron chi connectivity index (χ3n) is 1.97. The second-order valence-corrected chi connectivity index (χ2v) is 5.54. The Kier molecular flexibility index (Phi) is 3.83. The molecule has 0 bridgehead atoms. The van der Waals surface area contributed by atoms with E-state index in [0.717, 1.165) is 18.6 Å². The molecule has 0 aliphatic carbocycles. The van der Waals surface area contributed by atoms with E-state index in [0.29, 0.717) is 0 Å². The number of pyridine rings is 1. The van der Waals surface area contributed by atoms with Gasteiger partial charge in [-0.05, 0) is 12.1 Å². The number of hydrogen-bond donors (Lipinski definition) is 1. The van der Waals surface area contributed by atoms with Crippen molar-refractivity contribution in [3.63, 3.8) is 0 Å². The fourth-order valence-electron chi connectivity index (χ4n) is 1.18. The Labute approximate surface area is 117 Å². The van der Waals surface area contributed by atoms with Crippen LogP contribution in [0, 0.1) is 5.82 Å². The van der Waals surface area contributed by atoms with Crippen LogP contribution < -0.4 is 4.72 Å². The fourth-order valence-corrected chi connectivity index (χ4v) is 2.78. The lowest BCUT2D eigenvalue weighted by Gasteiger charge is -2.09. The largest absolute Gasteiger partial charge is 0.282 e. The predicted octanol–water partition coefficient (Wildman–Crippen LogP) is 2.12. The molecule has 0 saturated heterocycles. The third-order valence-corrected chi connectivity index (χ3v) is 3.83. The molecule has 2 aromatic heterocycles. The fraction of sp³-hybridized carbons (Fsp3) is 0. The molecule has 0 atom stereocenters. The molecular formula is C9H5Cl2FN4O2S. The van der Waals surface area contributed by atoms with Crippen LogP contribution in [-0.4, -0.2) is 23.4 Å². The van der Waals surface area contributed by atoms with Gasteiger partial charge in [-0.2, -0.15) is 8.42 Å². The highest BCUT2D eigenvalue weighted by molar-refractivity contribution is 7.92. The summed E-state index contributed by atoms with van der Waals surface area (Å²) in [6, 6.07) is 2.23. The Morgan fingerprint density at radius 2 is 1.79 bits per heavy atom. The number of rotatable bonds is 3. The highest BCUT2D eigenvalue weighted by Crippen LogP contribution is 2.28. The van der Waals surface area contributed by atoms with Gasteiger partial charge in [0.25, 0.3) is 10.0 Å². The Morgan fingerprint density at radius 3 is 2.37 bits per heavy atom. The van der Waals surface area contributed by atoms with Crippen LogP contribution in [0.15, 0.2) is 29.7 Å². The first-order valence-corrected chi connectivity index (χ1v) is 6.95. The van der Waals surface area contributed by atoms with Gasteiger partial charge >= 0.3 is 0 Å². The minimum Gasteiger partial charge on any atom is -0.272 e. The van der Waals surface area contributed by atoms with Gasteiger partial charge in [0.15, 0.2) is 16.1 Å². The van der Waals surface area contributed by atoms with Crippen molar-refractivity contribution in [1.29, 1.82) is 0 Å². The van der Waals surface area contributed by atoms with Gasteiger partial charge in [-0.1, -0.05) is 23.2 Å². The van der Waals surface area contributed by atoms with Gasteiger partial charge in [-0.25, -0.2) is 19.3 Å². The van der Waals surface area contributed by atoms with Crippen molar-refractivity contribution < 1.29 is 12.8 Å². The summed E-state index contributed by atoms with van der Waals surface area (Å²) >= 11 is 11.4. The molecule has 2 aromatic rings. The first-order valence-electron chi connectivity index (χ1n) is 4.71. The molecule has 0 aromatic carbocycles. The van der Waals surface area contributed by atoms with Crippen LogP contribution in [0.3, 0.4) is 0 Å². The van der Waals surface area contributed by atoms with Crippen molar-refractivity contribution in [1.82, 2.24) is 15.0 Å². The van der Waals surface area contributed by atoms with Crippen molar-refractivity contribution in [2.45, 2.75) is 5.03 Å². The van der Waals surface area contributed by atoms with Gasteiger partial charge < -0.3 is 0 Å². The van der Waals surface area contributed by atoms with E-state index >= 15 is 0 Å². The SMILES string of the molecule is O=S(=O)(Nc1c(Cl)ncnc1Cl)c1ncccc1F. The molecule has 6 nitrogen and oxygen atoms in total. The summed E-state index contributed by atoms with van der Waals surface area (Å²) in [7, 11) is -4.27. The smallest absolute Gasteiger partial charge is 0.272 e. The molecular weight excluding hydrogens is 318 g/mol. The molecule has 0 aliphatic rings. The van der Waals surface area contributed by atoms with Crippen LogP contribution in [0.5, 0.6) is 0 Å². The molecule has 2 heterocycles. The maximum absolute atomic E-state index is 13.4. The molecule has 0 spiro atoms. The van der Waals surface area contributed by atoms with Crippen molar-refractivity contribution in [3.8, 4) is 0 Å². The number of sulfonamides is 1. The molecule has 0 radical (unpaired) electrons. The van der Waals surface area contributed by atoms with Gasteiger partial charge in [0.1, 0.15) is 12.0 Å². The van der Waals surface area contributed by atoms with Crippen molar-refractivity contribution >= 4 is 38.9 Å². The van der Waals surface area contributed by atoms with Crippen LogP contribution in [0.2, 0.25) is 10.3 Å². The number of halogens is 3. The van der Waals surface area contributed by atoms with Crippen molar-refractivity contribution in [2.24, 2.45) is 0 Å². The first-order chi connectivity index (χ1) is 8.92. The van der Waals surface area contributed by atoms with Gasteiger partial charge in [-0.3, -0.25) is 4.72 Å². The van der Waals surface area contributed by atoms with Gasteiger partial charge in [0, 0.05) is 6.20 Å². The zero-order chi connectivity index (χ0) is 14.0. The van der Waals surface area contributed by atoms with Crippen LogP contribution in [0.25, 0.3) is 0 Å². The third kappa shape index (κ3) is 2.91. The Bertz CT molecular complexity index is 706. The van der Waals surface area contributed by atoms with E-state index in [-0.39, 0.29) is 16.0 Å². The minimum atomic E-state index is -4.27. The molecule has 0 saturated carbocycles. The van der Waals surface area contributed by atoms with Crippen LogP contribution in [-0.2, 0) is 10.0 Å². The van der Waals surface area contributed by atoms with E-state index in [4.69, 9.17) is 23.2 Å². The van der Waals surface area contributed by atoms with E-state index in [9.17, 15) is 12.8 Å². The van der Waals surface area contributed by atoms with E-state index < -0.39 is 20.9 Å². The van der Waals surface area contributed by atoms with Gasteiger partial charge in [0.05, 0.1) is 0 Å². The molecule has 0 aliphatic heterocycles. The lowest BCUT2D eigenvalue weighted by Crippen LogP contribution is -2.17. The van der Waals surface area contributed by atoms with Crippen LogP contribution in [0.1, 0.15) is 0 Å². The highest BCUT2D eigenvalue weighted by Gasteiger charge is 2.23. The zero-order valence-electron chi connectivity index (χ0n) is 9.01. The van der Waals surface area contributed by atoms with Crippen LogP contribution in [0.4, 0.5) is 10.1 Å². The standard InChI is InChI=1S/C9H5Cl2FN4O2S/c10-7-6(8(11)15-4-14-7)16-19(17,18)9-5(12)2-1-3-13-9/h1-4,16H. The van der Waals surface area contributed by atoms with E-state index in [1.807, 2.05) is 4.72 Å². The minimum absolute atomic E-state index is 0.208. The quantitative estimate of drug-likeness (QED) is 0.875. The number of anilines is 1. The highest BCUT2D eigenvalue weighted by atomic mass is 35.5. The molecule has 1 N–H and O–H groups in total. The molecule has 2 rings (SSSR count). The van der Waals surface area contributed by atoms with Crippen LogP contribution >= 0.6 is 23.2 Å². The summed E-state index contributed by atoms with van der Waals surface area (Å²) < 4.78 is 39.3. The number of nitrogens with one attached hydrogen (secondary N) is 1. The summed E-state index contributed by atoms with van der Waals surface area (Å²) in [6.07, 6.45) is 2.20. The normalized spacial score (nSPS) is 11.3. The molecule has 0 unspecified atom stereocenters. The molecule has 19 heavy (non-hydrogen) atoms. The number of hydrogen-bond acceptors (Lipinski definition) is 5. The summed E-state index contributed by atoms with van der Waals surface area (Å²) in [5.41, 5.74) is -0.240.